The number of nitrogens with one attached hydrogen (secondary N) is 1. The number of rotatable bonds is 4. The number of benzene rings is 1. The number of halogens is 1. The maximum absolute atomic E-state index is 11.6. The fourth-order valence-corrected chi connectivity index (χ4v) is 1.31. The number of hydrogen-bond donors (Lipinski definition) is 2. The van der Waals surface area contributed by atoms with E-state index in [0.29, 0.717) is 0 Å². The lowest BCUT2D eigenvalue weighted by atomic mass is 10.2. The summed E-state index contributed by atoms with van der Waals surface area (Å²) in [6.07, 6.45) is 0. The highest BCUT2D eigenvalue weighted by atomic mass is 35.5. The Bertz CT molecular complexity index is 511. The minimum Gasteiger partial charge on any atom is -0.452 e. The third kappa shape index (κ3) is 3.64. The van der Waals surface area contributed by atoms with Gasteiger partial charge >= 0.3 is 5.97 Å². The van der Waals surface area contributed by atoms with Crippen molar-refractivity contribution in [3.63, 3.8) is 0 Å². The van der Waals surface area contributed by atoms with Crippen LogP contribution in [0.5, 0.6) is 0 Å². The van der Waals surface area contributed by atoms with Crippen LogP contribution in [0.3, 0.4) is 0 Å². The maximum atomic E-state index is 11.6. The number of amides is 1. The summed E-state index contributed by atoms with van der Waals surface area (Å²) >= 11 is 5.82. The van der Waals surface area contributed by atoms with E-state index in [1.165, 1.54) is 6.07 Å². The minimum absolute atomic E-state index is 0.0833. The van der Waals surface area contributed by atoms with Gasteiger partial charge in [0.15, 0.2) is 6.61 Å². The molecule has 1 amide bonds. The van der Waals surface area contributed by atoms with E-state index in [1.54, 1.807) is 18.2 Å². The Balaban J connectivity index is 2.59. The number of ether oxygens (including phenoxy) is 1. The van der Waals surface area contributed by atoms with E-state index in [0.717, 1.165) is 0 Å². The molecule has 0 saturated heterocycles. The number of nitrogens with two attached hydrogens (primary N) is 1. The summed E-state index contributed by atoms with van der Waals surface area (Å²) in [5.41, 5.74) is 5.86. The number of nitrogens with zero attached hydrogens (tertiary/aromatic N) is 1. The fourth-order valence-electron chi connectivity index (χ4n) is 1.11. The molecule has 0 bridgehead atoms. The van der Waals surface area contributed by atoms with Gasteiger partial charge < -0.3 is 15.8 Å². The summed E-state index contributed by atoms with van der Waals surface area (Å²) in [7, 11) is 0. The van der Waals surface area contributed by atoms with Crippen molar-refractivity contribution in [2.45, 2.75) is 0 Å². The highest BCUT2D eigenvalue weighted by Gasteiger charge is 2.14. The Morgan fingerprint density at radius 2 is 2.22 bits per heavy atom. The third-order valence-electron chi connectivity index (χ3n) is 1.95. The van der Waals surface area contributed by atoms with Crippen LogP contribution in [-0.4, -0.2) is 25.0 Å². The van der Waals surface area contributed by atoms with Gasteiger partial charge in [0.25, 0.3) is 5.91 Å². The molecule has 94 valence electrons. The Morgan fingerprint density at radius 3 is 2.89 bits per heavy atom. The van der Waals surface area contributed by atoms with E-state index in [-0.39, 0.29) is 22.8 Å². The number of carbonyl (C=O) groups excluding carboxylic acids is 2. The standard InChI is InChI=1S/C11H10ClN3O3/c12-10-7(2-1-3-8(10)14)11(17)18-6-9(16)15-5-4-13/h1-3H,5-6,14H2,(H,15,16). The molecular weight excluding hydrogens is 258 g/mol. The predicted molar refractivity (Wildman–Crippen MR) is 64.8 cm³/mol. The van der Waals surface area contributed by atoms with E-state index in [1.807, 2.05) is 0 Å². The van der Waals surface area contributed by atoms with Crippen LogP contribution in [0.2, 0.25) is 5.02 Å². The lowest BCUT2D eigenvalue weighted by Gasteiger charge is -2.07. The molecule has 0 aliphatic carbocycles. The number of hydrogen-bond acceptors (Lipinski definition) is 5. The molecular formula is C11H10ClN3O3. The smallest absolute Gasteiger partial charge is 0.340 e. The molecule has 3 N–H and O–H groups in total. The topological polar surface area (TPSA) is 105 Å². The molecule has 1 rings (SSSR count). The summed E-state index contributed by atoms with van der Waals surface area (Å²) in [6, 6.07) is 6.25. The second kappa shape index (κ2) is 6.47. The first-order valence-electron chi connectivity index (χ1n) is 4.91. The van der Waals surface area contributed by atoms with Gasteiger partial charge in [-0.1, -0.05) is 17.7 Å². The first kappa shape index (κ1) is 13.8. The molecule has 0 aliphatic rings. The van der Waals surface area contributed by atoms with Gasteiger partial charge in [0.2, 0.25) is 0 Å². The number of nitrogen functional groups attached to an aromatic ring is 1. The van der Waals surface area contributed by atoms with E-state index in [9.17, 15) is 9.59 Å². The highest BCUT2D eigenvalue weighted by Crippen LogP contribution is 2.23. The first-order chi connectivity index (χ1) is 8.56. The van der Waals surface area contributed by atoms with Crippen LogP contribution in [0.25, 0.3) is 0 Å². The minimum atomic E-state index is -0.751. The monoisotopic (exact) mass is 267 g/mol. The summed E-state index contributed by atoms with van der Waals surface area (Å²) < 4.78 is 4.72. The summed E-state index contributed by atoms with van der Waals surface area (Å²) in [5.74, 6) is -1.32. The van der Waals surface area contributed by atoms with Crippen LogP contribution in [0.1, 0.15) is 10.4 Å². The Labute approximate surface area is 108 Å². The van der Waals surface area contributed by atoms with Crippen LogP contribution in [0.15, 0.2) is 18.2 Å². The average Bonchev–Trinajstić information content (AvgIpc) is 2.36. The van der Waals surface area contributed by atoms with E-state index >= 15 is 0 Å². The molecule has 1 aromatic rings. The first-order valence-corrected chi connectivity index (χ1v) is 5.28. The Morgan fingerprint density at radius 1 is 1.50 bits per heavy atom. The van der Waals surface area contributed by atoms with Crippen LogP contribution in [-0.2, 0) is 9.53 Å². The molecule has 0 radical (unpaired) electrons. The molecule has 0 aromatic heterocycles. The van der Waals surface area contributed by atoms with Crippen molar-refractivity contribution in [3.05, 3.63) is 28.8 Å². The molecule has 7 heteroatoms. The molecule has 1 aromatic carbocycles. The van der Waals surface area contributed by atoms with Gasteiger partial charge in [-0.3, -0.25) is 4.79 Å². The number of nitriles is 1. The summed E-state index contributed by atoms with van der Waals surface area (Å²) in [6.45, 7) is -0.624. The normalized spacial score (nSPS) is 9.33. The highest BCUT2D eigenvalue weighted by molar-refractivity contribution is 6.36. The quantitative estimate of drug-likeness (QED) is 0.475. The van der Waals surface area contributed by atoms with E-state index < -0.39 is 18.5 Å². The van der Waals surface area contributed by atoms with Gasteiger partial charge in [0, 0.05) is 0 Å². The maximum Gasteiger partial charge on any atom is 0.340 e. The van der Waals surface area contributed by atoms with Crippen LogP contribution >= 0.6 is 11.6 Å². The second-order valence-electron chi connectivity index (χ2n) is 3.22. The van der Waals surface area contributed by atoms with Crippen LogP contribution in [0.4, 0.5) is 5.69 Å². The molecule has 0 aliphatic heterocycles. The van der Waals surface area contributed by atoms with Crippen LogP contribution < -0.4 is 11.1 Å². The zero-order chi connectivity index (χ0) is 13.5. The van der Waals surface area contributed by atoms with Gasteiger partial charge in [-0.2, -0.15) is 5.26 Å². The van der Waals surface area contributed by atoms with Crippen molar-refractivity contribution >= 4 is 29.2 Å². The molecule has 0 heterocycles. The lowest BCUT2D eigenvalue weighted by Crippen LogP contribution is -2.29. The zero-order valence-corrected chi connectivity index (χ0v) is 10.0. The van der Waals surface area contributed by atoms with Gasteiger partial charge in [-0.05, 0) is 12.1 Å². The van der Waals surface area contributed by atoms with Crippen molar-refractivity contribution in [2.75, 3.05) is 18.9 Å². The van der Waals surface area contributed by atoms with Crippen molar-refractivity contribution < 1.29 is 14.3 Å². The van der Waals surface area contributed by atoms with Crippen molar-refractivity contribution in [1.82, 2.24) is 5.32 Å². The number of anilines is 1. The molecule has 0 atom stereocenters. The molecule has 6 nitrogen and oxygen atoms in total. The van der Waals surface area contributed by atoms with Gasteiger partial charge in [0.1, 0.15) is 6.54 Å². The average molecular weight is 268 g/mol. The molecule has 18 heavy (non-hydrogen) atoms. The molecule has 0 unspecified atom stereocenters. The predicted octanol–water partition coefficient (Wildman–Crippen LogP) is 0.719. The second-order valence-corrected chi connectivity index (χ2v) is 3.60. The van der Waals surface area contributed by atoms with E-state index in [4.69, 9.17) is 27.3 Å². The Kier molecular flexibility index (Phi) is 4.96. The molecule has 0 fully saturated rings. The van der Waals surface area contributed by atoms with Gasteiger partial charge in [-0.15, -0.1) is 0 Å². The van der Waals surface area contributed by atoms with Crippen molar-refractivity contribution in [1.29, 1.82) is 5.26 Å². The van der Waals surface area contributed by atoms with E-state index in [2.05, 4.69) is 5.32 Å². The molecule has 0 saturated carbocycles. The fraction of sp³-hybridized carbons (Fsp3) is 0.182. The summed E-state index contributed by atoms with van der Waals surface area (Å²) in [4.78, 5) is 22.7. The van der Waals surface area contributed by atoms with Crippen LogP contribution in [0, 0.1) is 11.3 Å². The number of esters is 1. The zero-order valence-electron chi connectivity index (χ0n) is 9.27. The number of carbonyl (C=O) groups is 2. The Hall–Kier alpha value is -2.26. The SMILES string of the molecule is N#CCNC(=O)COC(=O)c1cccc(N)c1Cl. The largest absolute Gasteiger partial charge is 0.452 e. The lowest BCUT2D eigenvalue weighted by molar-refractivity contribution is -0.123. The third-order valence-corrected chi connectivity index (χ3v) is 2.37. The van der Waals surface area contributed by atoms with Crippen molar-refractivity contribution in [3.8, 4) is 6.07 Å². The van der Waals surface area contributed by atoms with Gasteiger partial charge in [-0.25, -0.2) is 4.79 Å². The van der Waals surface area contributed by atoms with Crippen molar-refractivity contribution in [2.24, 2.45) is 0 Å². The summed E-state index contributed by atoms with van der Waals surface area (Å²) in [5, 5.41) is 10.5. The molecule has 0 spiro atoms. The van der Waals surface area contributed by atoms with Gasteiger partial charge in [0.05, 0.1) is 22.3 Å².